The lowest BCUT2D eigenvalue weighted by Gasteiger charge is -2.11. The van der Waals surface area contributed by atoms with Gasteiger partial charge in [0.05, 0.1) is 18.8 Å². The number of hydrogen-bond donors (Lipinski definition) is 1. The second-order valence-electron chi connectivity index (χ2n) is 4.31. The SMILES string of the molecule is COC(=O)CC(C)S(=O)(=O)CC(=O)Nc1ccccc1. The van der Waals surface area contributed by atoms with Crippen LogP contribution < -0.4 is 5.32 Å². The Hall–Kier alpha value is -1.89. The van der Waals surface area contributed by atoms with Crippen molar-refractivity contribution < 1.29 is 22.7 Å². The maximum atomic E-state index is 11.9. The first-order chi connectivity index (χ1) is 9.35. The average Bonchev–Trinajstić information content (AvgIpc) is 2.38. The average molecular weight is 299 g/mol. The molecular weight excluding hydrogens is 282 g/mol. The van der Waals surface area contributed by atoms with E-state index >= 15 is 0 Å². The van der Waals surface area contributed by atoms with Gasteiger partial charge in [-0.05, 0) is 19.1 Å². The summed E-state index contributed by atoms with van der Waals surface area (Å²) < 4.78 is 28.2. The van der Waals surface area contributed by atoms with Crippen LogP contribution in [0.15, 0.2) is 30.3 Å². The Bertz CT molecular complexity index is 568. The van der Waals surface area contributed by atoms with Gasteiger partial charge in [0.15, 0.2) is 9.84 Å². The molecule has 0 aliphatic heterocycles. The van der Waals surface area contributed by atoms with Crippen LogP contribution in [0.3, 0.4) is 0 Å². The first-order valence-electron chi connectivity index (χ1n) is 5.98. The lowest BCUT2D eigenvalue weighted by Crippen LogP contribution is -2.31. The number of esters is 1. The number of sulfone groups is 1. The molecule has 0 fully saturated rings. The number of hydrogen-bond acceptors (Lipinski definition) is 5. The molecule has 20 heavy (non-hydrogen) atoms. The van der Waals surface area contributed by atoms with Crippen molar-refractivity contribution >= 4 is 27.4 Å². The summed E-state index contributed by atoms with van der Waals surface area (Å²) in [4.78, 5) is 22.7. The van der Waals surface area contributed by atoms with E-state index < -0.39 is 32.7 Å². The monoisotopic (exact) mass is 299 g/mol. The molecule has 0 aliphatic carbocycles. The summed E-state index contributed by atoms with van der Waals surface area (Å²) in [6.07, 6.45) is -0.266. The summed E-state index contributed by atoms with van der Waals surface area (Å²) >= 11 is 0. The van der Waals surface area contributed by atoms with E-state index in [2.05, 4.69) is 10.1 Å². The van der Waals surface area contributed by atoms with E-state index in [0.717, 1.165) is 0 Å². The molecule has 110 valence electrons. The van der Waals surface area contributed by atoms with Crippen molar-refractivity contribution in [2.45, 2.75) is 18.6 Å². The second kappa shape index (κ2) is 7.04. The summed E-state index contributed by atoms with van der Waals surface area (Å²) in [6, 6.07) is 8.55. The summed E-state index contributed by atoms with van der Waals surface area (Å²) in [5.74, 6) is -1.92. The molecule has 7 heteroatoms. The Morgan fingerprint density at radius 1 is 1.25 bits per heavy atom. The highest BCUT2D eigenvalue weighted by Gasteiger charge is 2.26. The van der Waals surface area contributed by atoms with E-state index in [4.69, 9.17) is 0 Å². The Morgan fingerprint density at radius 3 is 2.40 bits per heavy atom. The van der Waals surface area contributed by atoms with Crippen LogP contribution in [0.25, 0.3) is 0 Å². The Labute approximate surface area is 118 Å². The number of methoxy groups -OCH3 is 1. The zero-order valence-electron chi connectivity index (χ0n) is 11.3. The molecule has 0 bridgehead atoms. The van der Waals surface area contributed by atoms with Gasteiger partial charge in [0.1, 0.15) is 5.75 Å². The number of anilines is 1. The second-order valence-corrected chi connectivity index (χ2v) is 6.73. The highest BCUT2D eigenvalue weighted by molar-refractivity contribution is 7.92. The number of rotatable bonds is 6. The van der Waals surface area contributed by atoms with Crippen molar-refractivity contribution in [3.63, 3.8) is 0 Å². The molecular formula is C13H17NO5S. The van der Waals surface area contributed by atoms with Crippen molar-refractivity contribution in [2.24, 2.45) is 0 Å². The van der Waals surface area contributed by atoms with Gasteiger partial charge in [-0.15, -0.1) is 0 Å². The Kier molecular flexibility index (Phi) is 5.69. The number of benzene rings is 1. The molecule has 0 saturated heterocycles. The fourth-order valence-electron chi connectivity index (χ4n) is 1.49. The lowest BCUT2D eigenvalue weighted by atomic mass is 10.3. The molecule has 1 aromatic carbocycles. The van der Waals surface area contributed by atoms with Gasteiger partial charge < -0.3 is 10.1 Å². The van der Waals surface area contributed by atoms with Gasteiger partial charge in [-0.25, -0.2) is 8.42 Å². The summed E-state index contributed by atoms with van der Waals surface area (Å²) in [5, 5.41) is 1.52. The molecule has 0 spiro atoms. The summed E-state index contributed by atoms with van der Waals surface area (Å²) in [7, 11) is -2.51. The smallest absolute Gasteiger partial charge is 0.306 e. The molecule has 1 rings (SSSR count). The minimum Gasteiger partial charge on any atom is -0.469 e. The Morgan fingerprint density at radius 2 is 1.85 bits per heavy atom. The van der Waals surface area contributed by atoms with Crippen LogP contribution in [-0.4, -0.2) is 38.4 Å². The van der Waals surface area contributed by atoms with Crippen LogP contribution >= 0.6 is 0 Å². The van der Waals surface area contributed by atoms with Gasteiger partial charge in [-0.1, -0.05) is 18.2 Å². The van der Waals surface area contributed by atoms with Gasteiger partial charge in [0.25, 0.3) is 0 Å². The quantitative estimate of drug-likeness (QED) is 0.791. The third kappa shape index (κ3) is 5.00. The number of para-hydroxylation sites is 1. The number of carbonyl (C=O) groups excluding carboxylic acids is 2. The van der Waals surface area contributed by atoms with Crippen molar-refractivity contribution in [3.05, 3.63) is 30.3 Å². The molecule has 6 nitrogen and oxygen atoms in total. The first-order valence-corrected chi connectivity index (χ1v) is 7.70. The largest absolute Gasteiger partial charge is 0.469 e. The summed E-state index contributed by atoms with van der Waals surface area (Å²) in [5.41, 5.74) is 0.522. The van der Waals surface area contributed by atoms with E-state index in [9.17, 15) is 18.0 Å². The highest BCUT2D eigenvalue weighted by Crippen LogP contribution is 2.10. The predicted molar refractivity (Wildman–Crippen MR) is 75.0 cm³/mol. The zero-order valence-corrected chi connectivity index (χ0v) is 12.1. The minimum absolute atomic E-state index is 0.266. The molecule has 1 unspecified atom stereocenters. The topological polar surface area (TPSA) is 89.5 Å². The summed E-state index contributed by atoms with van der Waals surface area (Å²) in [6.45, 7) is 1.38. The number of ether oxygens (including phenoxy) is 1. The van der Waals surface area contributed by atoms with Crippen LogP contribution in [0.5, 0.6) is 0 Å². The fraction of sp³-hybridized carbons (Fsp3) is 0.385. The van der Waals surface area contributed by atoms with Crippen LogP contribution in [0.4, 0.5) is 5.69 Å². The van der Waals surface area contributed by atoms with Gasteiger partial charge in [-0.2, -0.15) is 0 Å². The maximum Gasteiger partial charge on any atom is 0.306 e. The molecule has 0 saturated carbocycles. The lowest BCUT2D eigenvalue weighted by molar-refractivity contribution is -0.140. The zero-order chi connectivity index (χ0) is 15.2. The molecule has 1 N–H and O–H groups in total. The van der Waals surface area contributed by atoms with Crippen LogP contribution in [0, 0.1) is 0 Å². The standard InChI is InChI=1S/C13H17NO5S/c1-10(8-13(16)19-2)20(17,18)9-12(15)14-11-6-4-3-5-7-11/h3-7,10H,8-9H2,1-2H3,(H,14,15). The van der Waals surface area contributed by atoms with E-state index in [1.165, 1.54) is 14.0 Å². The molecule has 0 aromatic heterocycles. The molecule has 0 aliphatic rings. The van der Waals surface area contributed by atoms with E-state index in [1.807, 2.05) is 0 Å². The molecule has 1 amide bonds. The first kappa shape index (κ1) is 16.2. The number of nitrogens with one attached hydrogen (secondary N) is 1. The van der Waals surface area contributed by atoms with Crippen molar-refractivity contribution in [3.8, 4) is 0 Å². The minimum atomic E-state index is -3.70. The fourth-order valence-corrected chi connectivity index (χ4v) is 2.60. The van der Waals surface area contributed by atoms with Crippen molar-refractivity contribution in [1.29, 1.82) is 0 Å². The van der Waals surface area contributed by atoms with Crippen molar-refractivity contribution in [2.75, 3.05) is 18.2 Å². The highest BCUT2D eigenvalue weighted by atomic mass is 32.2. The number of amides is 1. The molecule has 0 radical (unpaired) electrons. The van der Waals surface area contributed by atoms with E-state index in [-0.39, 0.29) is 6.42 Å². The van der Waals surface area contributed by atoms with E-state index in [0.29, 0.717) is 5.69 Å². The van der Waals surface area contributed by atoms with Gasteiger partial charge in [0, 0.05) is 5.69 Å². The third-order valence-electron chi connectivity index (χ3n) is 2.68. The van der Waals surface area contributed by atoms with Crippen molar-refractivity contribution in [1.82, 2.24) is 0 Å². The third-order valence-corrected chi connectivity index (χ3v) is 4.74. The van der Waals surface area contributed by atoms with Gasteiger partial charge in [0.2, 0.25) is 5.91 Å². The Balaban J connectivity index is 2.62. The molecule has 0 heterocycles. The van der Waals surface area contributed by atoms with E-state index in [1.54, 1.807) is 30.3 Å². The van der Waals surface area contributed by atoms with Gasteiger partial charge in [-0.3, -0.25) is 9.59 Å². The molecule has 1 atom stereocenters. The maximum absolute atomic E-state index is 11.9. The molecule has 1 aromatic rings. The normalized spacial score (nSPS) is 12.5. The van der Waals surface area contributed by atoms with Gasteiger partial charge >= 0.3 is 5.97 Å². The van der Waals surface area contributed by atoms with Crippen LogP contribution in [-0.2, 0) is 24.2 Å². The predicted octanol–water partition coefficient (Wildman–Crippen LogP) is 0.991. The number of carbonyl (C=O) groups is 2. The van der Waals surface area contributed by atoms with Crippen LogP contribution in [0.2, 0.25) is 0 Å². The van der Waals surface area contributed by atoms with Crippen LogP contribution in [0.1, 0.15) is 13.3 Å².